The van der Waals surface area contributed by atoms with Gasteiger partial charge in [0.15, 0.2) is 23.3 Å². The first-order chi connectivity index (χ1) is 9.36. The van der Waals surface area contributed by atoms with Gasteiger partial charge in [-0.25, -0.2) is 27.2 Å². The molecule has 0 bridgehead atoms. The Morgan fingerprint density at radius 2 is 1.35 bits per heavy atom. The lowest BCUT2D eigenvalue weighted by Crippen LogP contribution is -2.20. The van der Waals surface area contributed by atoms with Crippen molar-refractivity contribution in [3.05, 3.63) is 34.4 Å². The van der Waals surface area contributed by atoms with Crippen molar-refractivity contribution in [2.24, 2.45) is 0 Å². The van der Waals surface area contributed by atoms with E-state index in [-0.39, 0.29) is 6.61 Å². The van der Waals surface area contributed by atoms with Gasteiger partial charge in [-0.1, -0.05) is 6.92 Å². The van der Waals surface area contributed by atoms with E-state index in [1.807, 2.05) is 0 Å². The van der Waals surface area contributed by atoms with Gasteiger partial charge in [0, 0.05) is 0 Å². The van der Waals surface area contributed by atoms with E-state index in [4.69, 9.17) is 0 Å². The molecule has 0 aliphatic rings. The van der Waals surface area contributed by atoms with Gasteiger partial charge < -0.3 is 9.47 Å². The van der Waals surface area contributed by atoms with Crippen LogP contribution in [-0.2, 0) is 9.47 Å². The van der Waals surface area contributed by atoms with Crippen LogP contribution in [0.15, 0.2) is 0 Å². The molecule has 20 heavy (non-hydrogen) atoms. The number of carbonyl (C=O) groups is 2. The molecule has 0 radical (unpaired) electrons. The molecule has 0 saturated heterocycles. The average molecular weight is 294 g/mol. The van der Waals surface area contributed by atoms with Crippen LogP contribution in [0.3, 0.4) is 0 Å². The van der Waals surface area contributed by atoms with E-state index in [1.165, 1.54) is 0 Å². The number of carbonyl (C=O) groups excluding carboxylic acids is 2. The maximum absolute atomic E-state index is 13.6. The second-order valence-corrected chi connectivity index (χ2v) is 3.63. The number of hydrogen-bond acceptors (Lipinski definition) is 4. The van der Waals surface area contributed by atoms with Crippen LogP contribution < -0.4 is 0 Å². The molecule has 0 unspecified atom stereocenters. The first kappa shape index (κ1) is 15.9. The fourth-order valence-electron chi connectivity index (χ4n) is 1.38. The normalized spacial score (nSPS) is 10.3. The molecule has 0 saturated carbocycles. The highest BCUT2D eigenvalue weighted by molar-refractivity contribution is 6.03. The van der Waals surface area contributed by atoms with Crippen molar-refractivity contribution >= 4 is 11.9 Å². The largest absolute Gasteiger partial charge is 0.465 e. The molecule has 0 aliphatic carbocycles. The van der Waals surface area contributed by atoms with Crippen LogP contribution in [0.25, 0.3) is 0 Å². The molecule has 0 heterocycles. The standard InChI is InChI=1S/C12H10F4O4/c1-3-4-20-12(18)6-5(11(17)19-2)7(13)9(15)10(16)8(6)14/h3-4H2,1-2H3. The quantitative estimate of drug-likeness (QED) is 0.371. The zero-order valence-corrected chi connectivity index (χ0v) is 10.6. The summed E-state index contributed by atoms with van der Waals surface area (Å²) in [5, 5.41) is 0. The smallest absolute Gasteiger partial charge is 0.342 e. The Balaban J connectivity index is 3.54. The summed E-state index contributed by atoms with van der Waals surface area (Å²) in [5.41, 5.74) is -2.67. The van der Waals surface area contributed by atoms with Gasteiger partial charge >= 0.3 is 11.9 Å². The van der Waals surface area contributed by atoms with Gasteiger partial charge in [-0.3, -0.25) is 0 Å². The van der Waals surface area contributed by atoms with E-state index >= 15 is 0 Å². The van der Waals surface area contributed by atoms with Gasteiger partial charge in [0.2, 0.25) is 0 Å². The molecular weight excluding hydrogens is 284 g/mol. The van der Waals surface area contributed by atoms with Gasteiger partial charge in [0.05, 0.1) is 13.7 Å². The van der Waals surface area contributed by atoms with E-state index in [0.717, 1.165) is 7.11 Å². The lowest BCUT2D eigenvalue weighted by Gasteiger charge is -2.11. The van der Waals surface area contributed by atoms with E-state index in [1.54, 1.807) is 6.92 Å². The topological polar surface area (TPSA) is 52.6 Å². The molecule has 4 nitrogen and oxygen atoms in total. The molecule has 1 aromatic rings. The molecule has 0 spiro atoms. The third-order valence-electron chi connectivity index (χ3n) is 2.30. The van der Waals surface area contributed by atoms with Crippen molar-refractivity contribution in [3.8, 4) is 0 Å². The third kappa shape index (κ3) is 2.73. The maximum Gasteiger partial charge on any atom is 0.342 e. The first-order valence-corrected chi connectivity index (χ1v) is 5.48. The molecule has 0 amide bonds. The van der Waals surface area contributed by atoms with E-state index < -0.39 is 46.3 Å². The predicted molar refractivity (Wildman–Crippen MR) is 58.2 cm³/mol. The summed E-state index contributed by atoms with van der Waals surface area (Å²) < 4.78 is 62.0. The van der Waals surface area contributed by atoms with E-state index in [0.29, 0.717) is 6.42 Å². The second-order valence-electron chi connectivity index (χ2n) is 3.63. The number of halogens is 4. The fourth-order valence-corrected chi connectivity index (χ4v) is 1.38. The Hall–Kier alpha value is -2.12. The van der Waals surface area contributed by atoms with Crippen molar-refractivity contribution in [1.29, 1.82) is 0 Å². The zero-order chi connectivity index (χ0) is 15.4. The number of ether oxygens (including phenoxy) is 2. The Labute approximate surface area is 111 Å². The minimum Gasteiger partial charge on any atom is -0.465 e. The molecule has 0 N–H and O–H groups in total. The molecule has 1 rings (SSSR count). The molecule has 8 heteroatoms. The van der Waals surface area contributed by atoms with Crippen LogP contribution in [0.1, 0.15) is 34.1 Å². The summed E-state index contributed by atoms with van der Waals surface area (Å²) in [6.07, 6.45) is 0.354. The highest BCUT2D eigenvalue weighted by atomic mass is 19.2. The summed E-state index contributed by atoms with van der Waals surface area (Å²) in [4.78, 5) is 22.9. The number of methoxy groups -OCH3 is 1. The highest BCUT2D eigenvalue weighted by Crippen LogP contribution is 2.25. The fraction of sp³-hybridized carbons (Fsp3) is 0.333. The van der Waals surface area contributed by atoms with Crippen LogP contribution in [0.4, 0.5) is 17.6 Å². The molecule has 0 fully saturated rings. The first-order valence-electron chi connectivity index (χ1n) is 5.48. The molecule has 0 aromatic heterocycles. The second kappa shape index (κ2) is 6.36. The predicted octanol–water partition coefficient (Wildman–Crippen LogP) is 2.60. The van der Waals surface area contributed by atoms with Crippen molar-refractivity contribution in [2.75, 3.05) is 13.7 Å². The van der Waals surface area contributed by atoms with E-state index in [2.05, 4.69) is 9.47 Å². The average Bonchev–Trinajstić information content (AvgIpc) is 2.45. The minimum atomic E-state index is -2.21. The van der Waals surface area contributed by atoms with Crippen molar-refractivity contribution in [2.45, 2.75) is 13.3 Å². The van der Waals surface area contributed by atoms with E-state index in [9.17, 15) is 27.2 Å². The highest BCUT2D eigenvalue weighted by Gasteiger charge is 2.34. The van der Waals surface area contributed by atoms with Crippen LogP contribution in [-0.4, -0.2) is 25.7 Å². The lowest BCUT2D eigenvalue weighted by atomic mass is 10.1. The summed E-state index contributed by atoms with van der Waals surface area (Å²) in [6, 6.07) is 0. The minimum absolute atomic E-state index is 0.167. The Morgan fingerprint density at radius 3 is 1.75 bits per heavy atom. The van der Waals surface area contributed by atoms with Crippen LogP contribution in [0, 0.1) is 23.3 Å². The van der Waals surface area contributed by atoms with Crippen molar-refractivity contribution in [3.63, 3.8) is 0 Å². The van der Waals surface area contributed by atoms with Crippen molar-refractivity contribution < 1.29 is 36.6 Å². The van der Waals surface area contributed by atoms with Gasteiger partial charge in [0.25, 0.3) is 0 Å². The number of esters is 2. The SMILES string of the molecule is CCCOC(=O)c1c(F)c(F)c(F)c(F)c1C(=O)OC. The number of hydrogen-bond donors (Lipinski definition) is 0. The monoisotopic (exact) mass is 294 g/mol. The van der Waals surface area contributed by atoms with Gasteiger partial charge in [-0.15, -0.1) is 0 Å². The molecule has 110 valence electrons. The maximum atomic E-state index is 13.6. The van der Waals surface area contributed by atoms with Gasteiger partial charge in [0.1, 0.15) is 11.1 Å². The van der Waals surface area contributed by atoms with Crippen LogP contribution in [0.2, 0.25) is 0 Å². The Morgan fingerprint density at radius 1 is 0.900 bits per heavy atom. The summed E-state index contributed by atoms with van der Waals surface area (Å²) >= 11 is 0. The van der Waals surface area contributed by atoms with Crippen LogP contribution >= 0.6 is 0 Å². The molecule has 1 aromatic carbocycles. The summed E-state index contributed by atoms with van der Waals surface area (Å²) in [6.45, 7) is 1.45. The molecule has 0 atom stereocenters. The number of benzene rings is 1. The third-order valence-corrected chi connectivity index (χ3v) is 2.30. The zero-order valence-electron chi connectivity index (χ0n) is 10.6. The lowest BCUT2D eigenvalue weighted by molar-refractivity contribution is 0.0475. The van der Waals surface area contributed by atoms with Gasteiger partial charge in [-0.05, 0) is 6.42 Å². The van der Waals surface area contributed by atoms with Crippen molar-refractivity contribution in [1.82, 2.24) is 0 Å². The van der Waals surface area contributed by atoms with Gasteiger partial charge in [-0.2, -0.15) is 0 Å². The molecule has 0 aliphatic heterocycles. The summed E-state index contributed by atoms with van der Waals surface area (Å²) in [5.74, 6) is -11.5. The van der Waals surface area contributed by atoms with Crippen LogP contribution in [0.5, 0.6) is 0 Å². The molecular formula is C12H10F4O4. The Kier molecular flexibility index (Phi) is 5.06. The Bertz CT molecular complexity index is 557. The number of rotatable bonds is 4. The summed E-state index contributed by atoms with van der Waals surface area (Å²) in [7, 11) is 0.808.